The molecule has 2 unspecified atom stereocenters. The number of rotatable bonds is 4. The standard InChI is InChI=1S/C19H20N2O2/c1-14-19(23)21(13-16-10-6-3-7-11-16)17(18(22)20-14)12-15-8-4-2-5-9-15/h2-11,14,17H,12-13H2,1H3,(H,20,22). The molecule has 4 nitrogen and oxygen atoms in total. The molecule has 1 aliphatic rings. The highest BCUT2D eigenvalue weighted by Crippen LogP contribution is 2.18. The predicted molar refractivity (Wildman–Crippen MR) is 88.5 cm³/mol. The predicted octanol–water partition coefficient (Wildman–Crippen LogP) is 2.14. The Balaban J connectivity index is 1.86. The Hall–Kier alpha value is -2.62. The average Bonchev–Trinajstić information content (AvgIpc) is 2.58. The minimum absolute atomic E-state index is 0.0330. The first-order valence-electron chi connectivity index (χ1n) is 7.84. The minimum atomic E-state index is -0.474. The molecule has 2 aromatic rings. The number of carbonyl (C=O) groups excluding carboxylic acids is 2. The number of nitrogens with one attached hydrogen (secondary N) is 1. The third-order valence-corrected chi connectivity index (χ3v) is 4.16. The zero-order valence-electron chi connectivity index (χ0n) is 13.1. The molecule has 0 saturated carbocycles. The summed E-state index contributed by atoms with van der Waals surface area (Å²) in [4.78, 5) is 26.7. The number of amides is 2. The molecular formula is C19H20N2O2. The quantitative estimate of drug-likeness (QED) is 0.941. The molecule has 1 N–H and O–H groups in total. The van der Waals surface area contributed by atoms with E-state index in [1.807, 2.05) is 60.7 Å². The first-order valence-corrected chi connectivity index (χ1v) is 7.84. The van der Waals surface area contributed by atoms with Crippen LogP contribution in [-0.4, -0.2) is 28.8 Å². The fraction of sp³-hybridized carbons (Fsp3) is 0.263. The fourth-order valence-corrected chi connectivity index (χ4v) is 2.92. The zero-order chi connectivity index (χ0) is 16.2. The first kappa shape index (κ1) is 15.3. The van der Waals surface area contributed by atoms with Crippen molar-refractivity contribution in [2.45, 2.75) is 32.0 Å². The van der Waals surface area contributed by atoms with Gasteiger partial charge in [-0.2, -0.15) is 0 Å². The smallest absolute Gasteiger partial charge is 0.245 e. The second-order valence-corrected chi connectivity index (χ2v) is 5.89. The number of hydrogen-bond donors (Lipinski definition) is 1. The molecule has 2 atom stereocenters. The Bertz CT molecular complexity index is 685. The third kappa shape index (κ3) is 3.42. The summed E-state index contributed by atoms with van der Waals surface area (Å²) >= 11 is 0. The Morgan fingerprint density at radius 1 is 0.913 bits per heavy atom. The summed E-state index contributed by atoms with van der Waals surface area (Å²) in [5.41, 5.74) is 2.08. The van der Waals surface area contributed by atoms with Crippen molar-refractivity contribution in [3.63, 3.8) is 0 Å². The minimum Gasteiger partial charge on any atom is -0.343 e. The molecular weight excluding hydrogens is 288 g/mol. The molecule has 3 rings (SSSR count). The van der Waals surface area contributed by atoms with Crippen LogP contribution < -0.4 is 5.32 Å². The largest absolute Gasteiger partial charge is 0.343 e. The van der Waals surface area contributed by atoms with Gasteiger partial charge < -0.3 is 10.2 Å². The van der Waals surface area contributed by atoms with E-state index >= 15 is 0 Å². The number of nitrogens with zero attached hydrogens (tertiary/aromatic N) is 1. The van der Waals surface area contributed by atoms with E-state index in [0.29, 0.717) is 13.0 Å². The monoisotopic (exact) mass is 308 g/mol. The van der Waals surface area contributed by atoms with Crippen molar-refractivity contribution in [3.8, 4) is 0 Å². The van der Waals surface area contributed by atoms with Crippen LogP contribution in [0.1, 0.15) is 18.1 Å². The lowest BCUT2D eigenvalue weighted by atomic mass is 9.99. The van der Waals surface area contributed by atoms with Crippen molar-refractivity contribution >= 4 is 11.8 Å². The van der Waals surface area contributed by atoms with Crippen LogP contribution in [-0.2, 0) is 22.6 Å². The zero-order valence-corrected chi connectivity index (χ0v) is 13.1. The van der Waals surface area contributed by atoms with E-state index in [1.54, 1.807) is 11.8 Å². The molecule has 1 saturated heterocycles. The highest BCUT2D eigenvalue weighted by molar-refractivity contribution is 5.96. The van der Waals surface area contributed by atoms with Crippen molar-refractivity contribution in [1.82, 2.24) is 10.2 Å². The molecule has 1 fully saturated rings. The van der Waals surface area contributed by atoms with E-state index in [1.165, 1.54) is 0 Å². The molecule has 23 heavy (non-hydrogen) atoms. The topological polar surface area (TPSA) is 49.4 Å². The van der Waals surface area contributed by atoms with Crippen LogP contribution in [0.25, 0.3) is 0 Å². The van der Waals surface area contributed by atoms with Crippen molar-refractivity contribution in [2.75, 3.05) is 0 Å². The van der Waals surface area contributed by atoms with Crippen LogP contribution in [0.2, 0.25) is 0 Å². The van der Waals surface area contributed by atoms with E-state index in [9.17, 15) is 9.59 Å². The Labute approximate surface area is 136 Å². The van der Waals surface area contributed by atoms with Gasteiger partial charge in [-0.1, -0.05) is 60.7 Å². The molecule has 1 aliphatic heterocycles. The third-order valence-electron chi connectivity index (χ3n) is 4.16. The Morgan fingerprint density at radius 3 is 2.09 bits per heavy atom. The summed E-state index contributed by atoms with van der Waals surface area (Å²) in [5.74, 6) is -0.119. The maximum absolute atomic E-state index is 12.6. The molecule has 118 valence electrons. The molecule has 0 radical (unpaired) electrons. The second kappa shape index (κ2) is 6.65. The number of carbonyl (C=O) groups is 2. The average molecular weight is 308 g/mol. The maximum atomic E-state index is 12.6. The second-order valence-electron chi connectivity index (χ2n) is 5.89. The van der Waals surface area contributed by atoms with Gasteiger partial charge in [-0.05, 0) is 18.1 Å². The van der Waals surface area contributed by atoms with Gasteiger partial charge in [0, 0.05) is 13.0 Å². The molecule has 1 heterocycles. The van der Waals surface area contributed by atoms with Gasteiger partial charge in [0.25, 0.3) is 0 Å². The van der Waals surface area contributed by atoms with Gasteiger partial charge in [-0.15, -0.1) is 0 Å². The molecule has 0 bridgehead atoms. The summed E-state index contributed by atoms with van der Waals surface area (Å²) in [5, 5.41) is 2.78. The van der Waals surface area contributed by atoms with Crippen LogP contribution in [0.3, 0.4) is 0 Å². The normalized spacial score (nSPS) is 21.2. The van der Waals surface area contributed by atoms with Crippen LogP contribution in [0.4, 0.5) is 0 Å². The van der Waals surface area contributed by atoms with Crippen LogP contribution in [0.5, 0.6) is 0 Å². The van der Waals surface area contributed by atoms with E-state index in [0.717, 1.165) is 11.1 Å². The van der Waals surface area contributed by atoms with E-state index < -0.39 is 12.1 Å². The van der Waals surface area contributed by atoms with Crippen molar-refractivity contribution in [1.29, 1.82) is 0 Å². The highest BCUT2D eigenvalue weighted by atomic mass is 16.2. The Morgan fingerprint density at radius 2 is 1.48 bits per heavy atom. The summed E-state index contributed by atoms with van der Waals surface area (Å²) < 4.78 is 0. The molecule has 0 aliphatic carbocycles. The summed E-state index contributed by atoms with van der Waals surface area (Å²) in [7, 11) is 0. The fourth-order valence-electron chi connectivity index (χ4n) is 2.92. The number of benzene rings is 2. The van der Waals surface area contributed by atoms with Gasteiger partial charge in [-0.25, -0.2) is 0 Å². The SMILES string of the molecule is CC1NC(=O)C(Cc2ccccc2)N(Cc2ccccc2)C1=O. The van der Waals surface area contributed by atoms with Crippen molar-refractivity contribution in [3.05, 3.63) is 71.8 Å². The van der Waals surface area contributed by atoms with E-state index in [4.69, 9.17) is 0 Å². The lowest BCUT2D eigenvalue weighted by Gasteiger charge is -2.38. The van der Waals surface area contributed by atoms with Crippen molar-refractivity contribution in [2.24, 2.45) is 0 Å². The van der Waals surface area contributed by atoms with E-state index in [2.05, 4.69) is 5.32 Å². The van der Waals surface area contributed by atoms with E-state index in [-0.39, 0.29) is 11.8 Å². The summed E-state index contributed by atoms with van der Waals surface area (Å²) in [6.07, 6.45) is 0.526. The number of hydrogen-bond acceptors (Lipinski definition) is 2. The van der Waals surface area contributed by atoms with Gasteiger partial charge in [-0.3, -0.25) is 9.59 Å². The Kier molecular flexibility index (Phi) is 4.42. The van der Waals surface area contributed by atoms with Gasteiger partial charge in [0.15, 0.2) is 0 Å². The molecule has 2 aromatic carbocycles. The van der Waals surface area contributed by atoms with Crippen LogP contribution in [0, 0.1) is 0 Å². The maximum Gasteiger partial charge on any atom is 0.245 e. The lowest BCUT2D eigenvalue weighted by molar-refractivity contribution is -0.149. The first-order chi connectivity index (χ1) is 11.1. The van der Waals surface area contributed by atoms with Crippen LogP contribution in [0.15, 0.2) is 60.7 Å². The van der Waals surface area contributed by atoms with Crippen molar-refractivity contribution < 1.29 is 9.59 Å². The molecule has 4 heteroatoms. The summed E-state index contributed by atoms with van der Waals surface area (Å²) in [6, 6.07) is 18.6. The lowest BCUT2D eigenvalue weighted by Crippen LogP contribution is -2.62. The van der Waals surface area contributed by atoms with Gasteiger partial charge in [0.05, 0.1) is 0 Å². The highest BCUT2D eigenvalue weighted by Gasteiger charge is 2.38. The van der Waals surface area contributed by atoms with Crippen LogP contribution >= 0.6 is 0 Å². The van der Waals surface area contributed by atoms with Gasteiger partial charge in [0.2, 0.25) is 11.8 Å². The molecule has 0 spiro atoms. The summed E-state index contributed by atoms with van der Waals surface area (Å²) in [6.45, 7) is 2.19. The molecule has 2 amide bonds. The molecule has 0 aromatic heterocycles. The van der Waals surface area contributed by atoms with Gasteiger partial charge in [0.1, 0.15) is 12.1 Å². The number of piperazine rings is 1. The van der Waals surface area contributed by atoms with Gasteiger partial charge >= 0.3 is 0 Å².